The Balaban J connectivity index is 1.95. The van der Waals surface area contributed by atoms with Crippen LogP contribution in [0.2, 0.25) is 15.1 Å². The van der Waals surface area contributed by atoms with Crippen molar-refractivity contribution in [2.24, 2.45) is 5.92 Å². The van der Waals surface area contributed by atoms with Crippen LogP contribution in [0.5, 0.6) is 0 Å². The summed E-state index contributed by atoms with van der Waals surface area (Å²) >= 11 is 18.8. The zero-order valence-electron chi connectivity index (χ0n) is 15.7. The molecule has 2 heterocycles. The monoisotopic (exact) mass is 428 g/mol. The fourth-order valence-electron chi connectivity index (χ4n) is 3.19. The maximum Gasteiger partial charge on any atom is 0.181 e. The van der Waals surface area contributed by atoms with Gasteiger partial charge in [0.1, 0.15) is 23.8 Å². The van der Waals surface area contributed by atoms with E-state index in [4.69, 9.17) is 44.5 Å². The molecule has 1 aromatic carbocycles. The standard InChI is InChI=1S/C19H23Cl3N4O/c1-4-6-12(3)10-27-11-25-16-9-23-26(19(16)24-17(25)5-2)18-14(21)7-13(20)8-15(18)22/h7-9,12H,4-6,10-11H2,1-3H3. The molecule has 146 valence electrons. The number of halogens is 3. The largest absolute Gasteiger partial charge is 0.360 e. The smallest absolute Gasteiger partial charge is 0.181 e. The van der Waals surface area contributed by atoms with Crippen molar-refractivity contribution in [1.29, 1.82) is 0 Å². The summed E-state index contributed by atoms with van der Waals surface area (Å²) in [6, 6.07) is 3.29. The van der Waals surface area contributed by atoms with Gasteiger partial charge in [-0.1, -0.05) is 62.0 Å². The minimum absolute atomic E-state index is 0.426. The molecule has 1 unspecified atom stereocenters. The molecule has 0 N–H and O–H groups in total. The molecule has 0 saturated carbocycles. The van der Waals surface area contributed by atoms with E-state index >= 15 is 0 Å². The predicted octanol–water partition coefficient (Wildman–Crippen LogP) is 6.15. The first kappa shape index (κ1) is 20.5. The molecule has 3 rings (SSSR count). The Morgan fingerprint density at radius 3 is 2.48 bits per heavy atom. The summed E-state index contributed by atoms with van der Waals surface area (Å²) in [5, 5.41) is 5.78. The van der Waals surface area contributed by atoms with E-state index in [1.54, 1.807) is 23.0 Å². The SMILES string of the molecule is CCCC(C)COCn1c(CC)nc2c1cnn2-c1c(Cl)cc(Cl)cc1Cl. The number of fused-ring (bicyclic) bond motifs is 1. The Bertz CT molecular complexity index is 912. The highest BCUT2D eigenvalue weighted by molar-refractivity contribution is 6.40. The average molecular weight is 430 g/mol. The van der Waals surface area contributed by atoms with Crippen molar-refractivity contribution in [1.82, 2.24) is 19.3 Å². The number of ether oxygens (including phenoxy) is 1. The molecular weight excluding hydrogens is 407 g/mol. The third kappa shape index (κ3) is 4.27. The van der Waals surface area contributed by atoms with Crippen LogP contribution in [0.1, 0.15) is 39.4 Å². The number of rotatable bonds is 8. The van der Waals surface area contributed by atoms with E-state index in [0.29, 0.717) is 39.1 Å². The second-order valence-electron chi connectivity index (χ2n) is 6.69. The molecule has 0 fully saturated rings. The Kier molecular flexibility index (Phi) is 6.69. The fraction of sp³-hybridized carbons (Fsp3) is 0.474. The van der Waals surface area contributed by atoms with Gasteiger partial charge in [0.15, 0.2) is 5.65 Å². The maximum absolute atomic E-state index is 6.37. The molecule has 0 aliphatic heterocycles. The minimum Gasteiger partial charge on any atom is -0.360 e. The molecule has 0 aliphatic rings. The molecule has 2 aromatic heterocycles. The van der Waals surface area contributed by atoms with Gasteiger partial charge in [-0.3, -0.25) is 0 Å². The zero-order valence-corrected chi connectivity index (χ0v) is 17.9. The number of aryl methyl sites for hydroxylation is 1. The summed E-state index contributed by atoms with van der Waals surface area (Å²) in [4.78, 5) is 4.74. The second kappa shape index (κ2) is 8.82. The fourth-order valence-corrected chi connectivity index (χ4v) is 4.16. The van der Waals surface area contributed by atoms with Crippen LogP contribution in [0.25, 0.3) is 16.9 Å². The molecule has 3 aromatic rings. The van der Waals surface area contributed by atoms with E-state index in [1.807, 2.05) is 0 Å². The topological polar surface area (TPSA) is 44.9 Å². The van der Waals surface area contributed by atoms with Crippen molar-refractivity contribution in [3.8, 4) is 5.69 Å². The van der Waals surface area contributed by atoms with Crippen LogP contribution in [-0.2, 0) is 17.9 Å². The Morgan fingerprint density at radius 2 is 1.85 bits per heavy atom. The predicted molar refractivity (Wildman–Crippen MR) is 111 cm³/mol. The van der Waals surface area contributed by atoms with Gasteiger partial charge >= 0.3 is 0 Å². The van der Waals surface area contributed by atoms with Crippen molar-refractivity contribution in [3.05, 3.63) is 39.2 Å². The first-order chi connectivity index (χ1) is 13.0. The Labute approximate surface area is 174 Å². The average Bonchev–Trinajstić information content (AvgIpc) is 3.14. The molecule has 5 nitrogen and oxygen atoms in total. The normalized spacial score (nSPS) is 12.8. The summed E-state index contributed by atoms with van der Waals surface area (Å²) in [7, 11) is 0. The van der Waals surface area contributed by atoms with Crippen LogP contribution in [0.15, 0.2) is 18.3 Å². The molecule has 27 heavy (non-hydrogen) atoms. The van der Waals surface area contributed by atoms with Crippen LogP contribution in [0, 0.1) is 5.92 Å². The molecule has 0 radical (unpaired) electrons. The van der Waals surface area contributed by atoms with Crippen molar-refractivity contribution in [2.45, 2.75) is 46.8 Å². The number of imidazole rings is 1. The molecule has 0 bridgehead atoms. The highest BCUT2D eigenvalue weighted by atomic mass is 35.5. The number of nitrogens with zero attached hydrogens (tertiary/aromatic N) is 4. The molecule has 0 amide bonds. The van der Waals surface area contributed by atoms with Crippen LogP contribution in [0.3, 0.4) is 0 Å². The lowest BCUT2D eigenvalue weighted by atomic mass is 10.1. The lowest BCUT2D eigenvalue weighted by Gasteiger charge is -2.12. The maximum atomic E-state index is 6.37. The third-order valence-corrected chi connectivity index (χ3v) is 5.27. The molecule has 0 spiro atoms. The van der Waals surface area contributed by atoms with Crippen LogP contribution in [-0.4, -0.2) is 25.9 Å². The van der Waals surface area contributed by atoms with Crippen LogP contribution in [0.4, 0.5) is 0 Å². The quantitative estimate of drug-likeness (QED) is 0.431. The Hall–Kier alpha value is -1.27. The first-order valence-corrected chi connectivity index (χ1v) is 10.2. The molecule has 0 aliphatic carbocycles. The Morgan fingerprint density at radius 1 is 1.15 bits per heavy atom. The van der Waals surface area contributed by atoms with E-state index in [9.17, 15) is 0 Å². The lowest BCUT2D eigenvalue weighted by Crippen LogP contribution is -2.11. The highest BCUT2D eigenvalue weighted by Gasteiger charge is 2.19. The van der Waals surface area contributed by atoms with E-state index in [2.05, 4.69) is 30.4 Å². The summed E-state index contributed by atoms with van der Waals surface area (Å²) in [5.41, 5.74) is 2.16. The van der Waals surface area contributed by atoms with Gasteiger partial charge in [-0.05, 0) is 24.5 Å². The zero-order chi connectivity index (χ0) is 19.6. The van der Waals surface area contributed by atoms with Gasteiger partial charge in [-0.25, -0.2) is 9.67 Å². The van der Waals surface area contributed by atoms with Gasteiger partial charge in [0.2, 0.25) is 0 Å². The summed E-state index contributed by atoms with van der Waals surface area (Å²) in [6.07, 6.45) is 4.87. The minimum atomic E-state index is 0.426. The van der Waals surface area contributed by atoms with Gasteiger partial charge in [-0.15, -0.1) is 0 Å². The summed E-state index contributed by atoms with van der Waals surface area (Å²) < 4.78 is 9.65. The number of aromatic nitrogens is 4. The van der Waals surface area contributed by atoms with Crippen molar-refractivity contribution < 1.29 is 4.74 Å². The first-order valence-electron chi connectivity index (χ1n) is 9.12. The van der Waals surface area contributed by atoms with E-state index in [0.717, 1.165) is 37.2 Å². The lowest BCUT2D eigenvalue weighted by molar-refractivity contribution is 0.0525. The third-order valence-electron chi connectivity index (χ3n) is 4.48. The number of hydrogen-bond acceptors (Lipinski definition) is 3. The molecule has 1 atom stereocenters. The number of benzene rings is 1. The van der Waals surface area contributed by atoms with Crippen LogP contribution < -0.4 is 0 Å². The van der Waals surface area contributed by atoms with Gasteiger partial charge in [0, 0.05) is 11.4 Å². The molecule has 0 saturated heterocycles. The van der Waals surface area contributed by atoms with E-state index < -0.39 is 0 Å². The summed E-state index contributed by atoms with van der Waals surface area (Å²) in [5.74, 6) is 1.47. The van der Waals surface area contributed by atoms with Crippen molar-refractivity contribution in [2.75, 3.05) is 6.61 Å². The van der Waals surface area contributed by atoms with Gasteiger partial charge < -0.3 is 9.30 Å². The van der Waals surface area contributed by atoms with Crippen molar-refractivity contribution in [3.63, 3.8) is 0 Å². The van der Waals surface area contributed by atoms with Crippen LogP contribution >= 0.6 is 34.8 Å². The second-order valence-corrected chi connectivity index (χ2v) is 7.94. The molecule has 8 heteroatoms. The molecular formula is C19H23Cl3N4O. The van der Waals surface area contributed by atoms with E-state index in [1.165, 1.54) is 0 Å². The van der Waals surface area contributed by atoms with Crippen molar-refractivity contribution >= 4 is 46.0 Å². The van der Waals surface area contributed by atoms with E-state index in [-0.39, 0.29) is 0 Å². The number of hydrogen-bond donors (Lipinski definition) is 0. The van der Waals surface area contributed by atoms with Gasteiger partial charge in [-0.2, -0.15) is 5.10 Å². The summed E-state index contributed by atoms with van der Waals surface area (Å²) in [6.45, 7) is 7.63. The highest BCUT2D eigenvalue weighted by Crippen LogP contribution is 2.33. The van der Waals surface area contributed by atoms with Gasteiger partial charge in [0.05, 0.1) is 22.8 Å². The van der Waals surface area contributed by atoms with Gasteiger partial charge in [0.25, 0.3) is 0 Å².